The first-order valence-corrected chi connectivity index (χ1v) is 12.3. The van der Waals surface area contributed by atoms with Gasteiger partial charge in [-0.2, -0.15) is 17.2 Å². The zero-order valence-corrected chi connectivity index (χ0v) is 25.7. The van der Waals surface area contributed by atoms with Gasteiger partial charge in [-0.3, -0.25) is 9.59 Å². The predicted molar refractivity (Wildman–Crippen MR) is 154 cm³/mol. The number of carbonyl (C=O) groups excluding carboxylic acids is 4. The van der Waals surface area contributed by atoms with E-state index in [1.807, 2.05) is 42.4 Å². The number of aromatic amines is 2. The summed E-state index contributed by atoms with van der Waals surface area (Å²) in [6.45, 7) is 0. The van der Waals surface area contributed by atoms with Gasteiger partial charge in [0.1, 0.15) is 5.69 Å². The van der Waals surface area contributed by atoms with E-state index in [-0.39, 0.29) is 61.7 Å². The molecule has 0 bridgehead atoms. The van der Waals surface area contributed by atoms with Gasteiger partial charge in [-0.1, -0.05) is 31.5 Å². The number of methoxy groups -OCH3 is 2. The fourth-order valence-corrected chi connectivity index (χ4v) is 3.55. The summed E-state index contributed by atoms with van der Waals surface area (Å²) in [5, 5.41) is 2.15. The Balaban J connectivity index is 0. The molecule has 2 aromatic heterocycles. The molecule has 0 saturated heterocycles. The van der Waals surface area contributed by atoms with E-state index in [1.165, 1.54) is 0 Å². The Kier molecular flexibility index (Phi) is 20.7. The van der Waals surface area contributed by atoms with Gasteiger partial charge < -0.3 is 40.5 Å². The fourth-order valence-electron chi connectivity index (χ4n) is 2.71. The van der Waals surface area contributed by atoms with Crippen LogP contribution in [0.2, 0.25) is 0 Å². The van der Waals surface area contributed by atoms with E-state index >= 15 is 0 Å². The maximum absolute atomic E-state index is 10.5. The predicted octanol–water partition coefficient (Wildman–Crippen LogP) is 4.34. The number of carbonyl (C=O) groups is 2. The number of nitrogens with one attached hydrogen (secondary N) is 4. The summed E-state index contributed by atoms with van der Waals surface area (Å²) in [5.41, 5.74) is 16.6. The van der Waals surface area contributed by atoms with E-state index in [0.29, 0.717) is 16.8 Å². The van der Waals surface area contributed by atoms with E-state index < -0.39 is 12.2 Å². The van der Waals surface area contributed by atoms with Gasteiger partial charge in [0.2, 0.25) is 12.2 Å². The van der Waals surface area contributed by atoms with Gasteiger partial charge in [0.25, 0.3) is 0 Å². The topological polar surface area (TPSA) is 192 Å². The molecule has 0 aliphatic heterocycles. The average molecular weight is 668 g/mol. The zero-order valence-electron chi connectivity index (χ0n) is 20.9. The van der Waals surface area contributed by atoms with Crippen LogP contribution in [-0.2, 0) is 56.2 Å². The number of nitrogens with zero attached hydrogens (tertiary/aromatic N) is 2. The molecule has 0 fully saturated rings. The van der Waals surface area contributed by atoms with Crippen molar-refractivity contribution in [1.82, 2.24) is 19.9 Å². The van der Waals surface area contributed by atoms with Crippen LogP contribution in [0.5, 0.6) is 0 Å². The summed E-state index contributed by atoms with van der Waals surface area (Å²) in [6, 6.07) is 15.8. The smallest absolute Gasteiger partial charge is 0.632 e. The second-order valence-corrected chi connectivity index (χ2v) is 8.61. The quantitative estimate of drug-likeness (QED) is 0.178. The standard InChI is InChI=1S/C20H12N4O2P2.2C2H5NO2.CH4.2V/c25-11-27-19-21-9-17(23-19)6-2-13-1-3-15-8-16(5-4-14(15)7-13)18-10-22-20(24-18)28-12-26;2*1-5-2(3)4;;;/h1,3-5,7-10,27-28H,(H,21,23)(H,22,24);2*1H3,(H2,3,4);1H4;;/q-2;;;;2*+2/p-2. The van der Waals surface area contributed by atoms with Crippen LogP contribution in [0.3, 0.4) is 0 Å². The monoisotopic (exact) mass is 668 g/mol. The first kappa shape index (κ1) is 39.7. The fraction of sp³-hybridized carbons (Fsp3) is 0.120. The van der Waals surface area contributed by atoms with Gasteiger partial charge in [-0.15, -0.1) is 0 Å². The molecule has 2 unspecified atom stereocenters. The molecule has 210 valence electrons. The van der Waals surface area contributed by atoms with E-state index in [1.54, 1.807) is 12.4 Å². The molecule has 2 heterocycles. The van der Waals surface area contributed by atoms with E-state index in [4.69, 9.17) is 11.5 Å². The molecule has 41 heavy (non-hydrogen) atoms. The number of fused-ring (bicyclic) bond motifs is 1. The Bertz CT molecular complexity index is 1470. The molecule has 0 spiro atoms. The number of ether oxygens (including phenoxy) is 2. The molecule has 4 aromatic rings. The SMILES string of the molecule is C.COC([NH-])=O.COC([NH-])=O.O=[C-]Pc1ncc(C#Cc2ccc3cc(-c4cnc(P[C-]=O)[nH]4)ccc3c2)[nH]1.[V+2].[V+2]. The molecule has 0 aliphatic rings. The van der Waals surface area contributed by atoms with Gasteiger partial charge in [-0.05, 0) is 34.9 Å². The van der Waals surface area contributed by atoms with Gasteiger partial charge in [0, 0.05) is 11.1 Å². The van der Waals surface area contributed by atoms with Crippen molar-refractivity contribution < 1.29 is 65.8 Å². The van der Waals surface area contributed by atoms with Crippen molar-refractivity contribution in [3.05, 3.63) is 71.5 Å². The Hall–Kier alpha value is -3.41. The van der Waals surface area contributed by atoms with Crippen LogP contribution in [0.25, 0.3) is 33.5 Å². The van der Waals surface area contributed by atoms with Crippen LogP contribution in [0, 0.1) is 11.8 Å². The van der Waals surface area contributed by atoms with Crippen LogP contribution < -0.4 is 11.1 Å². The normalized spacial score (nSPS) is 9.32. The third-order valence-corrected chi connectivity index (χ3v) is 5.54. The molecule has 2 aromatic carbocycles. The number of benzene rings is 2. The van der Waals surface area contributed by atoms with E-state index in [0.717, 1.165) is 41.8 Å². The van der Waals surface area contributed by atoms with Gasteiger partial charge in [-0.25, -0.2) is 22.0 Å². The summed E-state index contributed by atoms with van der Waals surface area (Å²) < 4.78 is 7.56. The molecule has 0 saturated carbocycles. The first-order valence-electron chi connectivity index (χ1n) is 10.3. The van der Waals surface area contributed by atoms with Crippen molar-refractivity contribution in [2.75, 3.05) is 14.2 Å². The van der Waals surface area contributed by atoms with Crippen LogP contribution in [0.15, 0.2) is 48.8 Å². The van der Waals surface area contributed by atoms with Crippen LogP contribution >= 0.6 is 17.2 Å². The van der Waals surface area contributed by atoms with Crippen molar-refractivity contribution >= 4 is 63.3 Å². The minimum atomic E-state index is -0.995. The van der Waals surface area contributed by atoms with Crippen molar-refractivity contribution in [1.29, 1.82) is 0 Å². The molecule has 4 N–H and O–H groups in total. The Morgan fingerprint density at radius 1 is 0.829 bits per heavy atom. The molecule has 2 amide bonds. The molecule has 0 aliphatic carbocycles. The molecule has 2 radical (unpaired) electrons. The summed E-state index contributed by atoms with van der Waals surface area (Å²) in [6.07, 6.45) is 1.35. The van der Waals surface area contributed by atoms with Gasteiger partial charge >= 0.3 is 37.1 Å². The number of H-pyrrole nitrogens is 2. The van der Waals surface area contributed by atoms with Crippen LogP contribution in [0.4, 0.5) is 9.59 Å². The second-order valence-electron chi connectivity index (χ2n) is 6.75. The Labute approximate surface area is 264 Å². The van der Waals surface area contributed by atoms with Crippen molar-refractivity contribution in [3.8, 4) is 23.1 Å². The molecule has 4 rings (SSSR count). The minimum absolute atomic E-state index is 0. The summed E-state index contributed by atoms with van der Waals surface area (Å²) in [7, 11) is 2.12. The summed E-state index contributed by atoms with van der Waals surface area (Å²) in [4.78, 5) is 53.8. The van der Waals surface area contributed by atoms with Crippen molar-refractivity contribution in [3.63, 3.8) is 0 Å². The van der Waals surface area contributed by atoms with Gasteiger partial charge in [0.15, 0.2) is 0 Å². The molecule has 16 heteroatoms. The second kappa shape index (κ2) is 21.4. The van der Waals surface area contributed by atoms with E-state index in [9.17, 15) is 19.2 Å². The summed E-state index contributed by atoms with van der Waals surface area (Å²) >= 11 is 0. The Morgan fingerprint density at radius 3 is 1.90 bits per heavy atom. The number of aromatic nitrogens is 4. The Morgan fingerprint density at radius 2 is 1.34 bits per heavy atom. The maximum Gasteiger partial charge on any atom is 2.00 e. The molecule has 2 atom stereocenters. The molecule has 12 nitrogen and oxygen atoms in total. The number of imidazole rings is 2. The molecular formula is C25H24N6O6P2V2. The van der Waals surface area contributed by atoms with Crippen LogP contribution in [-0.4, -0.2) is 58.4 Å². The van der Waals surface area contributed by atoms with Crippen molar-refractivity contribution in [2.24, 2.45) is 0 Å². The number of hydrogen-bond acceptors (Lipinski definition) is 8. The van der Waals surface area contributed by atoms with E-state index in [2.05, 4.69) is 47.3 Å². The van der Waals surface area contributed by atoms with Gasteiger partial charge in [0.05, 0.1) is 43.4 Å². The number of amides is 2. The van der Waals surface area contributed by atoms with Crippen molar-refractivity contribution in [2.45, 2.75) is 7.43 Å². The zero-order chi connectivity index (χ0) is 27.9. The number of hydrogen-bond donors (Lipinski definition) is 2. The van der Waals surface area contributed by atoms with Crippen LogP contribution in [0.1, 0.15) is 18.7 Å². The maximum atomic E-state index is 10.5. The average Bonchev–Trinajstić information content (AvgIpc) is 3.58. The first-order chi connectivity index (χ1) is 18.3. The minimum Gasteiger partial charge on any atom is -0.632 e. The molecular weight excluding hydrogens is 644 g/mol. The third-order valence-electron chi connectivity index (χ3n) is 4.35. The number of rotatable bonds is 5. The third kappa shape index (κ3) is 14.2. The largest absolute Gasteiger partial charge is 2.00 e. The summed E-state index contributed by atoms with van der Waals surface area (Å²) in [5.74, 6) is 6.12.